The van der Waals surface area contributed by atoms with Crippen LogP contribution >= 0.6 is 0 Å². The molecule has 2 rings (SSSR count). The highest BCUT2D eigenvalue weighted by Crippen LogP contribution is 2.20. The number of sulfone groups is 1. The summed E-state index contributed by atoms with van der Waals surface area (Å²) in [5.74, 6) is -0.402. The molecule has 1 aliphatic heterocycles. The van der Waals surface area contributed by atoms with Crippen LogP contribution in [-0.2, 0) is 14.6 Å². The number of rotatable bonds is 1. The van der Waals surface area contributed by atoms with Crippen LogP contribution in [0.1, 0.15) is 13.0 Å². The van der Waals surface area contributed by atoms with Gasteiger partial charge in [0.1, 0.15) is 6.04 Å². The number of carbonyl (C=O) groups is 1. The second-order valence-corrected chi connectivity index (χ2v) is 5.53. The van der Waals surface area contributed by atoms with Gasteiger partial charge in [-0.1, -0.05) is 0 Å². The Morgan fingerprint density at radius 1 is 1.44 bits per heavy atom. The summed E-state index contributed by atoms with van der Waals surface area (Å²) < 4.78 is 23.6. The number of carbonyl (C=O) groups excluding carboxylic acids is 1. The monoisotopic (exact) mass is 243 g/mol. The smallest absolute Gasteiger partial charge is 0.256 e. The van der Waals surface area contributed by atoms with Gasteiger partial charge in [-0.25, -0.2) is 13.4 Å². The van der Waals surface area contributed by atoms with E-state index < -0.39 is 21.4 Å². The van der Waals surface area contributed by atoms with Crippen molar-refractivity contribution in [3.8, 4) is 0 Å². The molecule has 1 unspecified atom stereocenters. The molecule has 1 N–H and O–H groups in total. The van der Waals surface area contributed by atoms with Gasteiger partial charge in [-0.2, -0.15) is 0 Å². The number of hydrogen-bond donors (Lipinski definition) is 1. The van der Waals surface area contributed by atoms with E-state index in [1.807, 2.05) is 0 Å². The lowest BCUT2D eigenvalue weighted by atomic mass is 10.3. The van der Waals surface area contributed by atoms with E-state index in [0.29, 0.717) is 0 Å². The Kier molecular flexibility index (Phi) is 2.12. The van der Waals surface area contributed by atoms with Crippen LogP contribution < -0.4 is 10.9 Å². The lowest BCUT2D eigenvalue weighted by molar-refractivity contribution is -0.117. The predicted octanol–water partition coefficient (Wildman–Crippen LogP) is -0.840. The molecule has 0 aromatic carbocycles. The molecule has 1 atom stereocenters. The van der Waals surface area contributed by atoms with Gasteiger partial charge in [0.2, 0.25) is 11.9 Å². The van der Waals surface area contributed by atoms with E-state index in [0.717, 1.165) is 16.9 Å². The Morgan fingerprint density at radius 3 is 2.62 bits per heavy atom. The normalized spacial score (nSPS) is 19.4. The third-order valence-corrected chi connectivity index (χ3v) is 3.28. The molecule has 1 aromatic rings. The van der Waals surface area contributed by atoms with E-state index in [4.69, 9.17) is 0 Å². The minimum absolute atomic E-state index is 0.0228. The third-order valence-electron chi connectivity index (χ3n) is 2.31. The van der Waals surface area contributed by atoms with Crippen molar-refractivity contribution < 1.29 is 13.2 Å². The molecule has 1 aromatic heterocycles. The van der Waals surface area contributed by atoms with Gasteiger partial charge in [-0.05, 0) is 6.92 Å². The summed E-state index contributed by atoms with van der Waals surface area (Å²) in [6.45, 7) is 1.54. The zero-order valence-corrected chi connectivity index (χ0v) is 9.41. The quantitative estimate of drug-likeness (QED) is 0.648. The van der Waals surface area contributed by atoms with E-state index in [1.54, 1.807) is 0 Å². The van der Waals surface area contributed by atoms with Gasteiger partial charge < -0.3 is 0 Å². The van der Waals surface area contributed by atoms with Crippen LogP contribution in [0.4, 0.5) is 5.95 Å². The first-order chi connectivity index (χ1) is 7.30. The molecule has 0 spiro atoms. The van der Waals surface area contributed by atoms with Crippen LogP contribution in [0.15, 0.2) is 15.9 Å². The fourth-order valence-corrected chi connectivity index (χ4v) is 2.02. The maximum Gasteiger partial charge on any atom is 0.256 e. The highest BCUT2D eigenvalue weighted by atomic mass is 32.2. The zero-order chi connectivity index (χ0) is 12.1. The Labute approximate surface area is 91.0 Å². The summed E-state index contributed by atoms with van der Waals surface area (Å²) in [6, 6.07) is 0.249. The van der Waals surface area contributed by atoms with Crippen LogP contribution in [-0.4, -0.2) is 30.1 Å². The molecule has 16 heavy (non-hydrogen) atoms. The molecule has 0 bridgehead atoms. The molecule has 2 heterocycles. The number of nitrogens with one attached hydrogen (secondary N) is 1. The molecule has 1 aliphatic rings. The Morgan fingerprint density at radius 2 is 2.06 bits per heavy atom. The molecule has 0 saturated carbocycles. The SMILES string of the molecule is CC1C(=O)Nc2nc(S(C)(=O)=O)cc(=O)n21. The lowest BCUT2D eigenvalue weighted by Gasteiger charge is -2.05. The second-order valence-electron chi connectivity index (χ2n) is 3.56. The molecule has 0 radical (unpaired) electrons. The van der Waals surface area contributed by atoms with Gasteiger partial charge in [0.15, 0.2) is 14.9 Å². The summed E-state index contributed by atoms with van der Waals surface area (Å²) in [4.78, 5) is 26.6. The molecule has 8 heteroatoms. The Bertz CT molecular complexity index is 631. The van der Waals surface area contributed by atoms with Crippen molar-refractivity contribution in [1.29, 1.82) is 0 Å². The maximum absolute atomic E-state index is 11.6. The second kappa shape index (κ2) is 3.14. The summed E-state index contributed by atoms with van der Waals surface area (Å²) in [5, 5.41) is 2.01. The summed E-state index contributed by atoms with van der Waals surface area (Å²) in [7, 11) is -3.56. The molecule has 0 fully saturated rings. The molecule has 0 saturated heterocycles. The van der Waals surface area contributed by atoms with Crippen molar-refractivity contribution in [1.82, 2.24) is 9.55 Å². The molecular weight excluding hydrogens is 234 g/mol. The van der Waals surface area contributed by atoms with Crippen LogP contribution in [0.5, 0.6) is 0 Å². The molecule has 1 amide bonds. The standard InChI is InChI=1S/C8H9N3O4S/c1-4-7(13)10-8-9-5(16(2,14)15)3-6(12)11(4)8/h3-4H,1-2H3,(H,9,10,13). The lowest BCUT2D eigenvalue weighted by Crippen LogP contribution is -2.23. The van der Waals surface area contributed by atoms with E-state index in [1.165, 1.54) is 6.92 Å². The molecule has 0 aliphatic carbocycles. The topological polar surface area (TPSA) is 98.1 Å². The third kappa shape index (κ3) is 1.51. The first kappa shape index (κ1) is 10.8. The average molecular weight is 243 g/mol. The van der Waals surface area contributed by atoms with Gasteiger partial charge in [0, 0.05) is 12.3 Å². The number of fused-ring (bicyclic) bond motifs is 1. The zero-order valence-electron chi connectivity index (χ0n) is 8.59. The number of nitrogens with zero attached hydrogens (tertiary/aromatic N) is 2. The van der Waals surface area contributed by atoms with Crippen LogP contribution in [0.25, 0.3) is 0 Å². The average Bonchev–Trinajstić information content (AvgIpc) is 2.41. The van der Waals surface area contributed by atoms with Crippen molar-refractivity contribution in [2.75, 3.05) is 11.6 Å². The molecular formula is C8H9N3O4S. The predicted molar refractivity (Wildman–Crippen MR) is 54.9 cm³/mol. The number of anilines is 1. The van der Waals surface area contributed by atoms with Gasteiger partial charge in [-0.3, -0.25) is 19.5 Å². The van der Waals surface area contributed by atoms with Crippen LogP contribution in [0.3, 0.4) is 0 Å². The number of aromatic nitrogens is 2. The van der Waals surface area contributed by atoms with E-state index in [9.17, 15) is 18.0 Å². The Balaban J connectivity index is 2.73. The highest BCUT2D eigenvalue weighted by molar-refractivity contribution is 7.90. The summed E-state index contributed by atoms with van der Waals surface area (Å²) in [5.41, 5.74) is -0.559. The minimum Gasteiger partial charge on any atom is -0.294 e. The molecule has 7 nitrogen and oxygen atoms in total. The van der Waals surface area contributed by atoms with Crippen molar-refractivity contribution in [3.05, 3.63) is 16.4 Å². The largest absolute Gasteiger partial charge is 0.294 e. The fraction of sp³-hybridized carbons (Fsp3) is 0.375. The van der Waals surface area contributed by atoms with Crippen molar-refractivity contribution in [2.45, 2.75) is 18.0 Å². The van der Waals surface area contributed by atoms with Gasteiger partial charge >= 0.3 is 0 Å². The van der Waals surface area contributed by atoms with Gasteiger partial charge in [-0.15, -0.1) is 0 Å². The van der Waals surface area contributed by atoms with Gasteiger partial charge in [0.25, 0.3) is 5.56 Å². The van der Waals surface area contributed by atoms with E-state index >= 15 is 0 Å². The van der Waals surface area contributed by atoms with Crippen molar-refractivity contribution in [2.24, 2.45) is 0 Å². The van der Waals surface area contributed by atoms with Crippen molar-refractivity contribution in [3.63, 3.8) is 0 Å². The Hall–Kier alpha value is -1.70. The van der Waals surface area contributed by atoms with Crippen LogP contribution in [0.2, 0.25) is 0 Å². The highest BCUT2D eigenvalue weighted by Gasteiger charge is 2.29. The first-order valence-corrected chi connectivity index (χ1v) is 6.34. The van der Waals surface area contributed by atoms with E-state index in [2.05, 4.69) is 10.3 Å². The number of amides is 1. The van der Waals surface area contributed by atoms with E-state index in [-0.39, 0.29) is 16.9 Å². The minimum atomic E-state index is -3.56. The first-order valence-electron chi connectivity index (χ1n) is 4.45. The number of hydrogen-bond acceptors (Lipinski definition) is 5. The summed E-state index contributed by atoms with van der Waals surface area (Å²) >= 11 is 0. The van der Waals surface area contributed by atoms with Gasteiger partial charge in [0.05, 0.1) is 0 Å². The fourth-order valence-electron chi connectivity index (χ4n) is 1.45. The summed E-state index contributed by atoms with van der Waals surface area (Å²) in [6.07, 6.45) is 0.950. The molecule has 86 valence electrons. The maximum atomic E-state index is 11.6. The van der Waals surface area contributed by atoms with Crippen molar-refractivity contribution >= 4 is 21.7 Å². The van der Waals surface area contributed by atoms with Crippen LogP contribution in [0, 0.1) is 0 Å².